The monoisotopic (exact) mass is 368 g/mol. The molecule has 0 atom stereocenters. The molecule has 23 heavy (non-hydrogen) atoms. The highest BCUT2D eigenvalue weighted by atomic mass is 35.5. The molecule has 0 spiro atoms. The Morgan fingerprint density at radius 3 is 2.52 bits per heavy atom. The van der Waals surface area contributed by atoms with E-state index < -0.39 is 10.0 Å². The Bertz CT molecular complexity index is 842. The molecule has 0 amide bonds. The second kappa shape index (κ2) is 5.69. The van der Waals surface area contributed by atoms with E-state index in [4.69, 9.17) is 11.6 Å². The Morgan fingerprint density at radius 1 is 1.04 bits per heavy atom. The molecule has 2 aromatic rings. The van der Waals surface area contributed by atoms with Gasteiger partial charge in [-0.1, -0.05) is 11.6 Å². The van der Waals surface area contributed by atoms with Gasteiger partial charge in [0.25, 0.3) is 10.0 Å². The van der Waals surface area contributed by atoms with Crippen LogP contribution in [-0.4, -0.2) is 28.1 Å². The fraction of sp³-hybridized carbons (Fsp3) is 0.375. The van der Waals surface area contributed by atoms with E-state index in [0.29, 0.717) is 15.1 Å². The van der Waals surface area contributed by atoms with Crippen molar-refractivity contribution < 1.29 is 8.42 Å². The van der Waals surface area contributed by atoms with Gasteiger partial charge in [0.1, 0.15) is 4.21 Å². The van der Waals surface area contributed by atoms with Crippen LogP contribution < -0.4 is 9.21 Å². The molecule has 0 bridgehead atoms. The van der Waals surface area contributed by atoms with Gasteiger partial charge in [0.05, 0.1) is 10.0 Å². The highest BCUT2D eigenvalue weighted by molar-refractivity contribution is 7.94. The van der Waals surface area contributed by atoms with Gasteiger partial charge in [0.2, 0.25) is 0 Å². The normalized spacial score (nSPS) is 17.8. The number of anilines is 2. The molecule has 0 N–H and O–H groups in total. The van der Waals surface area contributed by atoms with Crippen molar-refractivity contribution in [2.24, 2.45) is 0 Å². The lowest BCUT2D eigenvalue weighted by atomic mass is 10.1. The van der Waals surface area contributed by atoms with Gasteiger partial charge < -0.3 is 4.90 Å². The molecule has 2 aliphatic heterocycles. The standard InChI is InChI=1S/C16H17ClN2O2S2/c17-15-5-6-16(22-15)23(20,21)19-10-7-12-11-13(3-4-14(12)19)18-8-1-2-9-18/h3-6,11H,1-2,7-10H2. The molecule has 4 rings (SSSR count). The molecule has 7 heteroatoms. The quantitative estimate of drug-likeness (QED) is 0.828. The van der Waals surface area contributed by atoms with Crippen molar-refractivity contribution >= 4 is 44.3 Å². The second-order valence-electron chi connectivity index (χ2n) is 5.89. The van der Waals surface area contributed by atoms with Crippen LogP contribution in [0.1, 0.15) is 18.4 Å². The third-order valence-corrected chi connectivity index (χ3v) is 7.99. The van der Waals surface area contributed by atoms with Crippen LogP contribution in [0, 0.1) is 0 Å². The zero-order chi connectivity index (χ0) is 16.0. The maximum absolute atomic E-state index is 12.8. The second-order valence-corrected chi connectivity index (χ2v) is 9.70. The predicted molar refractivity (Wildman–Crippen MR) is 95.5 cm³/mol. The number of hydrogen-bond donors (Lipinski definition) is 0. The fourth-order valence-electron chi connectivity index (χ4n) is 3.32. The molecular weight excluding hydrogens is 352 g/mol. The van der Waals surface area contributed by atoms with E-state index >= 15 is 0 Å². The third-order valence-electron chi connectivity index (χ3n) is 4.48. The molecule has 122 valence electrons. The topological polar surface area (TPSA) is 40.6 Å². The van der Waals surface area contributed by atoms with Gasteiger partial charge in [-0.3, -0.25) is 4.31 Å². The summed E-state index contributed by atoms with van der Waals surface area (Å²) >= 11 is 7.00. The van der Waals surface area contributed by atoms with Gasteiger partial charge in [-0.15, -0.1) is 11.3 Å². The molecule has 0 aliphatic carbocycles. The first-order valence-electron chi connectivity index (χ1n) is 7.72. The molecular formula is C16H17ClN2O2S2. The number of nitrogens with zero attached hydrogens (tertiary/aromatic N) is 2. The van der Waals surface area contributed by atoms with Crippen LogP contribution in [0.4, 0.5) is 11.4 Å². The number of fused-ring (bicyclic) bond motifs is 1. The number of hydrogen-bond acceptors (Lipinski definition) is 4. The maximum atomic E-state index is 12.8. The average molecular weight is 369 g/mol. The van der Waals surface area contributed by atoms with E-state index in [2.05, 4.69) is 11.0 Å². The van der Waals surface area contributed by atoms with Crippen molar-refractivity contribution in [3.8, 4) is 0 Å². The van der Waals surface area contributed by atoms with Crippen molar-refractivity contribution in [2.45, 2.75) is 23.5 Å². The van der Waals surface area contributed by atoms with Crippen molar-refractivity contribution in [3.63, 3.8) is 0 Å². The lowest BCUT2D eigenvalue weighted by Crippen LogP contribution is -2.28. The van der Waals surface area contributed by atoms with E-state index in [1.807, 2.05) is 12.1 Å². The van der Waals surface area contributed by atoms with Crippen molar-refractivity contribution in [3.05, 3.63) is 40.2 Å². The van der Waals surface area contributed by atoms with Gasteiger partial charge in [0.15, 0.2) is 0 Å². The largest absolute Gasteiger partial charge is 0.372 e. The minimum atomic E-state index is -3.51. The first-order valence-corrected chi connectivity index (χ1v) is 10.3. The summed E-state index contributed by atoms with van der Waals surface area (Å²) in [6.07, 6.45) is 3.23. The van der Waals surface area contributed by atoms with Gasteiger partial charge in [-0.05, 0) is 55.2 Å². The average Bonchev–Trinajstić information content (AvgIpc) is 3.26. The predicted octanol–water partition coefficient (Wildman–Crippen LogP) is 3.75. The molecule has 1 saturated heterocycles. The molecule has 1 aromatic carbocycles. The minimum absolute atomic E-state index is 0.305. The number of rotatable bonds is 3. The maximum Gasteiger partial charge on any atom is 0.273 e. The summed E-state index contributed by atoms with van der Waals surface area (Å²) in [5.41, 5.74) is 3.12. The van der Waals surface area contributed by atoms with E-state index in [9.17, 15) is 8.42 Å². The van der Waals surface area contributed by atoms with Crippen LogP contribution in [0.3, 0.4) is 0 Å². The number of thiophene rings is 1. The Balaban J connectivity index is 1.68. The number of halogens is 1. The van der Waals surface area contributed by atoms with Crippen molar-refractivity contribution in [1.82, 2.24) is 0 Å². The summed E-state index contributed by atoms with van der Waals surface area (Å²) in [7, 11) is -3.51. The Morgan fingerprint density at radius 2 is 1.83 bits per heavy atom. The van der Waals surface area contributed by atoms with Crippen LogP contribution in [0.15, 0.2) is 34.5 Å². The molecule has 0 radical (unpaired) electrons. The van der Waals surface area contributed by atoms with Crippen LogP contribution in [0.5, 0.6) is 0 Å². The summed E-state index contributed by atoms with van der Waals surface area (Å²) in [4.78, 5) is 2.37. The summed E-state index contributed by atoms with van der Waals surface area (Å²) in [5, 5.41) is 0. The number of sulfonamides is 1. The van der Waals surface area contributed by atoms with E-state index in [-0.39, 0.29) is 0 Å². The smallest absolute Gasteiger partial charge is 0.273 e. The fourth-order valence-corrected chi connectivity index (χ4v) is 6.42. The summed E-state index contributed by atoms with van der Waals surface area (Å²) in [6.45, 7) is 2.68. The highest BCUT2D eigenvalue weighted by Gasteiger charge is 2.32. The first kappa shape index (κ1) is 15.3. The first-order chi connectivity index (χ1) is 11.1. The van der Waals surface area contributed by atoms with Crippen molar-refractivity contribution in [2.75, 3.05) is 28.8 Å². The molecule has 1 aromatic heterocycles. The summed E-state index contributed by atoms with van der Waals surface area (Å²) in [5.74, 6) is 0. The summed E-state index contributed by atoms with van der Waals surface area (Å²) < 4.78 is 27.9. The van der Waals surface area contributed by atoms with E-state index in [1.54, 1.807) is 12.1 Å². The molecule has 3 heterocycles. The zero-order valence-corrected chi connectivity index (χ0v) is 14.9. The molecule has 0 saturated carbocycles. The molecule has 1 fully saturated rings. The van der Waals surface area contributed by atoms with Gasteiger partial charge in [-0.25, -0.2) is 8.42 Å². The van der Waals surface area contributed by atoms with Crippen LogP contribution in [0.2, 0.25) is 4.34 Å². The van der Waals surface area contributed by atoms with Crippen LogP contribution >= 0.6 is 22.9 Å². The lowest BCUT2D eigenvalue weighted by Gasteiger charge is -2.21. The highest BCUT2D eigenvalue weighted by Crippen LogP contribution is 2.38. The van der Waals surface area contributed by atoms with Gasteiger partial charge >= 0.3 is 0 Å². The Hall–Kier alpha value is -1.24. The van der Waals surface area contributed by atoms with Gasteiger partial charge in [0, 0.05) is 25.3 Å². The molecule has 0 unspecified atom stereocenters. The third kappa shape index (κ3) is 2.62. The minimum Gasteiger partial charge on any atom is -0.372 e. The van der Waals surface area contributed by atoms with E-state index in [1.165, 1.54) is 22.8 Å². The number of benzene rings is 1. The Kier molecular flexibility index (Phi) is 3.78. The lowest BCUT2D eigenvalue weighted by molar-refractivity contribution is 0.594. The molecule has 2 aliphatic rings. The van der Waals surface area contributed by atoms with Gasteiger partial charge in [-0.2, -0.15) is 0 Å². The van der Waals surface area contributed by atoms with Crippen LogP contribution in [0.25, 0.3) is 0 Å². The van der Waals surface area contributed by atoms with Crippen molar-refractivity contribution in [1.29, 1.82) is 0 Å². The zero-order valence-electron chi connectivity index (χ0n) is 12.5. The SMILES string of the molecule is O=S(=O)(c1ccc(Cl)s1)N1CCc2cc(N3CCCC3)ccc21. The Labute approximate surface area is 145 Å². The molecule has 4 nitrogen and oxygen atoms in total. The van der Waals surface area contributed by atoms with E-state index in [0.717, 1.165) is 42.1 Å². The summed E-state index contributed by atoms with van der Waals surface area (Å²) in [6, 6.07) is 9.35. The van der Waals surface area contributed by atoms with Crippen LogP contribution in [-0.2, 0) is 16.4 Å².